The molecule has 0 N–H and O–H groups in total. The van der Waals surface area contributed by atoms with E-state index in [9.17, 15) is 0 Å². The average Bonchev–Trinajstić information content (AvgIpc) is 2.45. The van der Waals surface area contributed by atoms with Crippen molar-refractivity contribution in [2.45, 2.75) is 20.3 Å². The molecule has 108 valence electrons. The van der Waals surface area contributed by atoms with Crippen LogP contribution in [0.5, 0.6) is 11.5 Å². The molecule has 0 spiro atoms. The lowest BCUT2D eigenvalue weighted by Gasteiger charge is -2.10. The van der Waals surface area contributed by atoms with Crippen molar-refractivity contribution in [2.75, 3.05) is 19.1 Å². The van der Waals surface area contributed by atoms with Crippen LogP contribution in [-0.4, -0.2) is 19.1 Å². The smallest absolute Gasteiger partial charge is 0.119 e. The number of alkyl halides is 1. The van der Waals surface area contributed by atoms with Gasteiger partial charge in [0.05, 0.1) is 13.2 Å². The van der Waals surface area contributed by atoms with Crippen LogP contribution >= 0.6 is 11.6 Å². The Morgan fingerprint density at radius 2 is 1.55 bits per heavy atom. The van der Waals surface area contributed by atoms with E-state index in [0.29, 0.717) is 18.4 Å². The first-order valence-electron chi connectivity index (χ1n) is 7.04. The molecule has 2 aromatic carbocycles. The predicted molar refractivity (Wildman–Crippen MR) is 85.1 cm³/mol. The van der Waals surface area contributed by atoms with Crippen LogP contribution in [0.3, 0.4) is 0 Å². The summed E-state index contributed by atoms with van der Waals surface area (Å²) in [5.74, 6) is 2.97. The Hall–Kier alpha value is -1.41. The quantitative estimate of drug-likeness (QED) is 0.535. The fourth-order valence-corrected chi connectivity index (χ4v) is 2.00. The van der Waals surface area contributed by atoms with Gasteiger partial charge in [0.25, 0.3) is 0 Å². The molecule has 0 saturated heterocycles. The normalized spacial score (nSPS) is 11.0. The van der Waals surface area contributed by atoms with E-state index >= 15 is 0 Å². The fraction of sp³-hybridized carbons (Fsp3) is 0.412. The summed E-state index contributed by atoms with van der Waals surface area (Å²) in [5, 5.41) is 2.32. The zero-order valence-electron chi connectivity index (χ0n) is 12.1. The Balaban J connectivity index is 2.08. The van der Waals surface area contributed by atoms with Gasteiger partial charge in [0.15, 0.2) is 0 Å². The van der Waals surface area contributed by atoms with Gasteiger partial charge < -0.3 is 9.47 Å². The summed E-state index contributed by atoms with van der Waals surface area (Å²) < 4.78 is 11.4. The lowest BCUT2D eigenvalue weighted by molar-refractivity contribution is 0.271. The maximum Gasteiger partial charge on any atom is 0.119 e. The van der Waals surface area contributed by atoms with Crippen molar-refractivity contribution in [3.05, 3.63) is 36.4 Å². The van der Waals surface area contributed by atoms with Gasteiger partial charge in [0.2, 0.25) is 0 Å². The standard InChI is InChI=1S/C17H21ClO2/c1-13(2)12-20-17-7-5-14-10-16(19-9-3-8-18)6-4-15(14)11-17/h4-7,10-11,13H,3,8-9,12H2,1-2H3. The molecular weight excluding hydrogens is 272 g/mol. The molecule has 2 rings (SSSR count). The minimum absolute atomic E-state index is 0.531. The number of rotatable bonds is 7. The van der Waals surface area contributed by atoms with Crippen LogP contribution in [0.15, 0.2) is 36.4 Å². The minimum Gasteiger partial charge on any atom is -0.494 e. The summed E-state index contributed by atoms with van der Waals surface area (Å²) in [7, 11) is 0. The average molecular weight is 293 g/mol. The Morgan fingerprint density at radius 1 is 0.950 bits per heavy atom. The number of hydrogen-bond donors (Lipinski definition) is 0. The lowest BCUT2D eigenvalue weighted by atomic mass is 10.1. The van der Waals surface area contributed by atoms with E-state index < -0.39 is 0 Å². The second-order valence-electron chi connectivity index (χ2n) is 5.27. The number of hydrogen-bond acceptors (Lipinski definition) is 2. The van der Waals surface area contributed by atoms with Crippen molar-refractivity contribution in [3.63, 3.8) is 0 Å². The molecular formula is C17H21ClO2. The van der Waals surface area contributed by atoms with Crippen LogP contribution in [0.2, 0.25) is 0 Å². The van der Waals surface area contributed by atoms with Gasteiger partial charge in [-0.15, -0.1) is 11.6 Å². The fourth-order valence-electron chi connectivity index (χ4n) is 1.89. The maximum atomic E-state index is 5.74. The Morgan fingerprint density at radius 3 is 2.10 bits per heavy atom. The molecule has 2 nitrogen and oxygen atoms in total. The second kappa shape index (κ2) is 7.39. The second-order valence-corrected chi connectivity index (χ2v) is 5.64. The Kier molecular flexibility index (Phi) is 5.54. The Bertz CT molecular complexity index is 552. The molecule has 0 saturated carbocycles. The summed E-state index contributed by atoms with van der Waals surface area (Å²) in [5.41, 5.74) is 0. The van der Waals surface area contributed by atoms with Crippen LogP contribution in [0.25, 0.3) is 10.8 Å². The highest BCUT2D eigenvalue weighted by Crippen LogP contribution is 2.25. The van der Waals surface area contributed by atoms with Gasteiger partial charge in [0.1, 0.15) is 11.5 Å². The SMILES string of the molecule is CC(C)COc1ccc2cc(OCCCCl)ccc2c1. The van der Waals surface area contributed by atoms with Crippen molar-refractivity contribution in [1.82, 2.24) is 0 Å². The minimum atomic E-state index is 0.531. The van der Waals surface area contributed by atoms with Crippen molar-refractivity contribution in [1.29, 1.82) is 0 Å². The molecule has 0 bridgehead atoms. The zero-order valence-corrected chi connectivity index (χ0v) is 12.8. The van der Waals surface area contributed by atoms with Crippen LogP contribution in [-0.2, 0) is 0 Å². The molecule has 0 fully saturated rings. The van der Waals surface area contributed by atoms with Gasteiger partial charge in [-0.1, -0.05) is 26.0 Å². The number of halogens is 1. The topological polar surface area (TPSA) is 18.5 Å². The van der Waals surface area contributed by atoms with E-state index in [2.05, 4.69) is 38.1 Å². The maximum absolute atomic E-state index is 5.74. The number of fused-ring (bicyclic) bond motifs is 1. The highest BCUT2D eigenvalue weighted by Gasteiger charge is 2.01. The molecule has 3 heteroatoms. The van der Waals surface area contributed by atoms with Crippen molar-refractivity contribution in [3.8, 4) is 11.5 Å². The largest absolute Gasteiger partial charge is 0.494 e. The third-order valence-corrected chi connectivity index (χ3v) is 3.18. The molecule has 2 aromatic rings. The molecule has 0 aliphatic heterocycles. The highest BCUT2D eigenvalue weighted by molar-refractivity contribution is 6.17. The third kappa shape index (κ3) is 4.31. The first-order valence-corrected chi connectivity index (χ1v) is 7.58. The van der Waals surface area contributed by atoms with Crippen LogP contribution in [0.4, 0.5) is 0 Å². The van der Waals surface area contributed by atoms with E-state index in [4.69, 9.17) is 21.1 Å². The third-order valence-electron chi connectivity index (χ3n) is 2.91. The number of ether oxygens (including phenoxy) is 2. The van der Waals surface area contributed by atoms with E-state index in [0.717, 1.165) is 35.3 Å². The first-order chi connectivity index (χ1) is 9.69. The molecule has 0 aromatic heterocycles. The van der Waals surface area contributed by atoms with Crippen molar-refractivity contribution < 1.29 is 9.47 Å². The van der Waals surface area contributed by atoms with Crippen LogP contribution in [0.1, 0.15) is 20.3 Å². The predicted octanol–water partition coefficient (Wildman–Crippen LogP) is 4.88. The van der Waals surface area contributed by atoms with E-state index in [-0.39, 0.29) is 0 Å². The van der Waals surface area contributed by atoms with Gasteiger partial charge in [-0.05, 0) is 47.4 Å². The molecule has 0 aliphatic rings. The molecule has 0 radical (unpaired) electrons. The molecule has 0 aliphatic carbocycles. The summed E-state index contributed by atoms with van der Waals surface area (Å²) >= 11 is 5.64. The van der Waals surface area contributed by atoms with Crippen molar-refractivity contribution >= 4 is 22.4 Å². The first kappa shape index (κ1) is 15.0. The van der Waals surface area contributed by atoms with Crippen molar-refractivity contribution in [2.24, 2.45) is 5.92 Å². The lowest BCUT2D eigenvalue weighted by Crippen LogP contribution is -2.04. The number of benzene rings is 2. The van der Waals surface area contributed by atoms with E-state index in [1.54, 1.807) is 0 Å². The van der Waals surface area contributed by atoms with Crippen LogP contribution < -0.4 is 9.47 Å². The molecule has 0 amide bonds. The van der Waals surface area contributed by atoms with Gasteiger partial charge >= 0.3 is 0 Å². The monoisotopic (exact) mass is 292 g/mol. The Labute approximate surface area is 125 Å². The van der Waals surface area contributed by atoms with Gasteiger partial charge in [-0.3, -0.25) is 0 Å². The highest BCUT2D eigenvalue weighted by atomic mass is 35.5. The summed E-state index contributed by atoms with van der Waals surface area (Å²) in [6.45, 7) is 5.69. The summed E-state index contributed by atoms with van der Waals surface area (Å²) in [6, 6.07) is 12.2. The van der Waals surface area contributed by atoms with Gasteiger partial charge in [-0.25, -0.2) is 0 Å². The van der Waals surface area contributed by atoms with E-state index in [1.165, 1.54) is 0 Å². The van der Waals surface area contributed by atoms with Gasteiger partial charge in [0, 0.05) is 5.88 Å². The summed E-state index contributed by atoms with van der Waals surface area (Å²) in [4.78, 5) is 0. The van der Waals surface area contributed by atoms with Crippen LogP contribution in [0, 0.1) is 5.92 Å². The molecule has 0 unspecified atom stereocenters. The molecule has 0 heterocycles. The summed E-state index contributed by atoms with van der Waals surface area (Å²) in [6.07, 6.45) is 0.863. The molecule has 0 atom stereocenters. The molecule has 20 heavy (non-hydrogen) atoms. The van der Waals surface area contributed by atoms with E-state index in [1.807, 2.05) is 12.1 Å². The zero-order chi connectivity index (χ0) is 14.4. The van der Waals surface area contributed by atoms with Gasteiger partial charge in [-0.2, -0.15) is 0 Å².